The molecule has 0 saturated heterocycles. The van der Waals surface area contributed by atoms with E-state index in [1.54, 1.807) is 0 Å². The van der Waals surface area contributed by atoms with Crippen molar-refractivity contribution >= 4 is 23.2 Å². The van der Waals surface area contributed by atoms with E-state index in [1.165, 1.54) is 0 Å². The van der Waals surface area contributed by atoms with Gasteiger partial charge in [-0.3, -0.25) is 0 Å². The predicted octanol–water partition coefficient (Wildman–Crippen LogP) is 2.87. The van der Waals surface area contributed by atoms with Crippen molar-refractivity contribution in [1.29, 1.82) is 0 Å². The van der Waals surface area contributed by atoms with Gasteiger partial charge in [0.15, 0.2) is 5.29 Å². The van der Waals surface area contributed by atoms with Crippen LogP contribution in [-0.4, -0.2) is 5.38 Å². The molecule has 0 aromatic carbocycles. The maximum absolute atomic E-state index is 11.3. The smallest absolute Gasteiger partial charge is 0.194 e. The minimum absolute atomic E-state index is 0.198. The van der Waals surface area contributed by atoms with Crippen molar-refractivity contribution in [2.45, 2.75) is 5.38 Å². The van der Waals surface area contributed by atoms with Crippen molar-refractivity contribution in [2.75, 3.05) is 0 Å². The zero-order chi connectivity index (χ0) is 6.78. The number of hydrogen-bond donors (Lipinski definition) is 0. The van der Waals surface area contributed by atoms with Gasteiger partial charge in [0.25, 0.3) is 0 Å². The lowest BCUT2D eigenvalue weighted by Crippen LogP contribution is -1.98. The van der Waals surface area contributed by atoms with Crippen LogP contribution in [0.3, 0.4) is 0 Å². The highest BCUT2D eigenvalue weighted by Gasteiger charge is 2.21. The molecule has 0 aromatic rings. The highest BCUT2D eigenvalue weighted by atomic mass is 35.5. The summed E-state index contributed by atoms with van der Waals surface area (Å²) < 4.78 is 33.9. The molecule has 0 rings (SSSR count). The molecule has 0 heterocycles. The second kappa shape index (κ2) is 2.60. The van der Waals surface area contributed by atoms with Crippen molar-refractivity contribution in [3.05, 3.63) is 11.4 Å². The van der Waals surface area contributed by atoms with Gasteiger partial charge in [-0.2, -0.15) is 13.2 Å². The normalized spacial score (nSPS) is 14.4. The number of halogens is 5. The predicted molar refractivity (Wildman–Crippen MR) is 25.8 cm³/mol. The molecule has 0 bridgehead atoms. The standard InChI is InChI=1S/C3HCl2F3/c4-2(6)1-3(5,7)8/h1H. The third-order valence-corrected chi connectivity index (χ3v) is 0.491. The van der Waals surface area contributed by atoms with Crippen molar-refractivity contribution < 1.29 is 13.2 Å². The Morgan fingerprint density at radius 1 is 1.50 bits per heavy atom. The summed E-state index contributed by atoms with van der Waals surface area (Å²) in [6, 6.07) is 0. The first kappa shape index (κ1) is 8.11. The summed E-state index contributed by atoms with van der Waals surface area (Å²) in [5, 5.41) is -5.18. The number of allylic oxidation sites excluding steroid dienone is 1. The Morgan fingerprint density at radius 2 is 1.88 bits per heavy atom. The lowest BCUT2D eigenvalue weighted by Gasteiger charge is -1.96. The number of hydrogen-bond acceptors (Lipinski definition) is 0. The van der Waals surface area contributed by atoms with Crippen LogP contribution >= 0.6 is 23.2 Å². The van der Waals surface area contributed by atoms with Crippen LogP contribution in [0.4, 0.5) is 13.2 Å². The molecule has 0 radical (unpaired) electrons. The van der Waals surface area contributed by atoms with E-state index in [0.717, 1.165) is 0 Å². The molecule has 8 heavy (non-hydrogen) atoms. The van der Waals surface area contributed by atoms with Gasteiger partial charge in [0, 0.05) is 6.08 Å². The molecule has 0 nitrogen and oxygen atoms in total. The summed E-state index contributed by atoms with van der Waals surface area (Å²) in [4.78, 5) is 0. The van der Waals surface area contributed by atoms with E-state index in [9.17, 15) is 13.2 Å². The van der Waals surface area contributed by atoms with Crippen LogP contribution in [-0.2, 0) is 0 Å². The minimum atomic E-state index is -3.67. The van der Waals surface area contributed by atoms with E-state index in [1.807, 2.05) is 0 Å². The number of rotatable bonds is 1. The molecule has 0 atom stereocenters. The van der Waals surface area contributed by atoms with Gasteiger partial charge in [-0.15, -0.1) is 0 Å². The Bertz CT molecular complexity index is 99.6. The SMILES string of the molecule is FC(Cl)=CC(F)(F)Cl. The summed E-state index contributed by atoms with van der Waals surface area (Å²) in [7, 11) is 0. The summed E-state index contributed by atoms with van der Waals surface area (Å²) in [6.45, 7) is 0. The zero-order valence-corrected chi connectivity index (χ0v) is 4.98. The fourth-order valence-electron chi connectivity index (χ4n) is 0.124. The monoisotopic (exact) mass is 164 g/mol. The van der Waals surface area contributed by atoms with Gasteiger partial charge in [0.2, 0.25) is 0 Å². The summed E-state index contributed by atoms with van der Waals surface area (Å²) in [5.41, 5.74) is 0. The quantitative estimate of drug-likeness (QED) is 0.524. The Labute approximate surface area is 53.9 Å². The topological polar surface area (TPSA) is 0 Å². The molecule has 0 N–H and O–H groups in total. The molecule has 5 heteroatoms. The fourth-order valence-corrected chi connectivity index (χ4v) is 0.412. The molecule has 0 amide bonds. The van der Waals surface area contributed by atoms with Crippen LogP contribution < -0.4 is 0 Å². The Morgan fingerprint density at radius 3 is 1.88 bits per heavy atom. The van der Waals surface area contributed by atoms with E-state index in [0.29, 0.717) is 0 Å². The van der Waals surface area contributed by atoms with Gasteiger partial charge in [-0.1, -0.05) is 11.6 Å². The Balaban J connectivity index is 3.89. The summed E-state index contributed by atoms with van der Waals surface area (Å²) >= 11 is 8.59. The van der Waals surface area contributed by atoms with E-state index < -0.39 is 10.7 Å². The van der Waals surface area contributed by atoms with Crippen molar-refractivity contribution in [3.8, 4) is 0 Å². The van der Waals surface area contributed by atoms with Gasteiger partial charge in [-0.25, -0.2) is 0 Å². The van der Waals surface area contributed by atoms with Crippen LogP contribution in [0.5, 0.6) is 0 Å². The molecule has 0 spiro atoms. The lowest BCUT2D eigenvalue weighted by molar-refractivity contribution is 0.151. The van der Waals surface area contributed by atoms with Crippen molar-refractivity contribution in [3.63, 3.8) is 0 Å². The van der Waals surface area contributed by atoms with Crippen LogP contribution in [0.25, 0.3) is 0 Å². The van der Waals surface area contributed by atoms with E-state index in [2.05, 4.69) is 23.2 Å². The lowest BCUT2D eigenvalue weighted by atomic mass is 10.7. The van der Waals surface area contributed by atoms with E-state index in [-0.39, 0.29) is 6.08 Å². The molecule has 0 saturated carbocycles. The second-order valence-electron chi connectivity index (χ2n) is 0.976. The van der Waals surface area contributed by atoms with Gasteiger partial charge < -0.3 is 0 Å². The maximum atomic E-state index is 11.3. The average molecular weight is 165 g/mol. The van der Waals surface area contributed by atoms with E-state index in [4.69, 9.17) is 0 Å². The summed E-state index contributed by atoms with van der Waals surface area (Å²) in [5.74, 6) is 0. The van der Waals surface area contributed by atoms with Gasteiger partial charge >= 0.3 is 5.38 Å². The molecule has 0 aliphatic carbocycles. The van der Waals surface area contributed by atoms with Crippen molar-refractivity contribution in [1.82, 2.24) is 0 Å². The third kappa shape index (κ3) is 6.11. The zero-order valence-electron chi connectivity index (χ0n) is 3.47. The van der Waals surface area contributed by atoms with Crippen molar-refractivity contribution in [2.24, 2.45) is 0 Å². The largest absolute Gasteiger partial charge is 0.345 e. The third-order valence-electron chi connectivity index (χ3n) is 0.273. The fraction of sp³-hybridized carbons (Fsp3) is 0.333. The molecule has 48 valence electrons. The molecular weight excluding hydrogens is 164 g/mol. The van der Waals surface area contributed by atoms with Gasteiger partial charge in [0.05, 0.1) is 0 Å². The molecular formula is C3HCl2F3. The average Bonchev–Trinajstić information content (AvgIpc) is 1.21. The van der Waals surface area contributed by atoms with E-state index >= 15 is 0 Å². The number of alkyl halides is 3. The maximum Gasteiger partial charge on any atom is 0.345 e. The van der Waals surface area contributed by atoms with Crippen LogP contribution in [0.15, 0.2) is 11.4 Å². The second-order valence-corrected chi connectivity index (χ2v) is 1.84. The first-order valence-corrected chi connectivity index (χ1v) is 2.28. The molecule has 0 aliphatic heterocycles. The van der Waals surface area contributed by atoms with Gasteiger partial charge in [0.1, 0.15) is 0 Å². The highest BCUT2D eigenvalue weighted by molar-refractivity contribution is 6.29. The van der Waals surface area contributed by atoms with Gasteiger partial charge in [-0.05, 0) is 11.6 Å². The van der Waals surface area contributed by atoms with Crippen LogP contribution in [0.1, 0.15) is 0 Å². The molecule has 0 unspecified atom stereocenters. The first-order valence-electron chi connectivity index (χ1n) is 1.52. The highest BCUT2D eigenvalue weighted by Crippen LogP contribution is 2.23. The van der Waals surface area contributed by atoms with Crippen LogP contribution in [0, 0.1) is 0 Å². The minimum Gasteiger partial charge on any atom is -0.194 e. The summed E-state index contributed by atoms with van der Waals surface area (Å²) in [6.07, 6.45) is -0.198. The van der Waals surface area contributed by atoms with Crippen LogP contribution in [0.2, 0.25) is 0 Å². The Hall–Kier alpha value is 0.110. The first-order chi connectivity index (χ1) is 3.42. The Kier molecular flexibility index (Phi) is 2.63. The molecule has 0 aromatic heterocycles. The molecule has 0 aliphatic rings. The molecule has 0 fully saturated rings.